The van der Waals surface area contributed by atoms with Crippen LogP contribution in [0.5, 0.6) is 0 Å². The maximum Gasteiger partial charge on any atom is 0.0843 e. The molecule has 18 heavy (non-hydrogen) atoms. The van der Waals surface area contributed by atoms with Gasteiger partial charge in [-0.15, -0.1) is 11.3 Å². The quantitative estimate of drug-likeness (QED) is 0.843. The second-order valence-electron chi connectivity index (χ2n) is 4.46. The van der Waals surface area contributed by atoms with Gasteiger partial charge in [-0.1, -0.05) is 0 Å². The monoisotopic (exact) mass is 391 g/mol. The van der Waals surface area contributed by atoms with E-state index >= 15 is 0 Å². The normalized spacial score (nSPS) is 13.2. The Kier molecular flexibility index (Phi) is 4.64. The van der Waals surface area contributed by atoms with Gasteiger partial charge in [0.1, 0.15) is 0 Å². The lowest BCUT2D eigenvalue weighted by molar-refractivity contribution is 0.523. The zero-order valence-corrected chi connectivity index (χ0v) is 14.2. The van der Waals surface area contributed by atoms with Gasteiger partial charge in [0.25, 0.3) is 0 Å². The molecule has 0 spiro atoms. The molecule has 0 aromatic carbocycles. The molecule has 0 aliphatic rings. The fourth-order valence-electron chi connectivity index (χ4n) is 1.65. The van der Waals surface area contributed by atoms with Crippen LogP contribution in [0.2, 0.25) is 0 Å². The maximum absolute atomic E-state index is 6.21. The highest BCUT2D eigenvalue weighted by Gasteiger charge is 2.14. The number of nitrogens with two attached hydrogens (primary N) is 1. The first kappa shape index (κ1) is 14.2. The molecule has 0 aliphatic carbocycles. The maximum atomic E-state index is 6.21. The molecule has 0 saturated heterocycles. The van der Waals surface area contributed by atoms with E-state index in [1.54, 1.807) is 11.3 Å². The van der Waals surface area contributed by atoms with E-state index in [1.165, 1.54) is 0 Å². The summed E-state index contributed by atoms with van der Waals surface area (Å²) in [5, 5.41) is 4.52. The number of thiophene rings is 1. The van der Waals surface area contributed by atoms with Gasteiger partial charge in [0.2, 0.25) is 0 Å². The van der Waals surface area contributed by atoms with Gasteiger partial charge in [-0.25, -0.2) is 0 Å². The predicted octanol–water partition coefficient (Wildman–Crippen LogP) is 4.29. The number of rotatable bonds is 4. The van der Waals surface area contributed by atoms with Gasteiger partial charge in [0.15, 0.2) is 0 Å². The van der Waals surface area contributed by atoms with Crippen LogP contribution in [0.3, 0.4) is 0 Å². The SMILES string of the molecule is CC(C)n1ccc(CC(N)c2cc(Br)c(Br)s2)n1. The minimum Gasteiger partial charge on any atom is -0.323 e. The van der Waals surface area contributed by atoms with Crippen LogP contribution in [0.25, 0.3) is 0 Å². The van der Waals surface area contributed by atoms with Crippen molar-refractivity contribution in [2.75, 3.05) is 0 Å². The first-order valence-electron chi connectivity index (χ1n) is 5.71. The summed E-state index contributed by atoms with van der Waals surface area (Å²) in [6.45, 7) is 4.23. The summed E-state index contributed by atoms with van der Waals surface area (Å²) in [7, 11) is 0. The van der Waals surface area contributed by atoms with Gasteiger partial charge >= 0.3 is 0 Å². The third-order valence-corrected chi connectivity index (χ3v) is 6.04. The number of nitrogens with zero attached hydrogens (tertiary/aromatic N) is 2. The first-order chi connectivity index (χ1) is 8.47. The van der Waals surface area contributed by atoms with Crippen LogP contribution < -0.4 is 5.73 Å². The van der Waals surface area contributed by atoms with E-state index in [0.717, 1.165) is 25.3 Å². The molecule has 0 aliphatic heterocycles. The van der Waals surface area contributed by atoms with Crippen molar-refractivity contribution in [3.8, 4) is 0 Å². The van der Waals surface area contributed by atoms with Gasteiger partial charge in [-0.05, 0) is 57.8 Å². The van der Waals surface area contributed by atoms with Gasteiger partial charge in [0, 0.05) is 34.1 Å². The minimum absolute atomic E-state index is 0.00638. The topological polar surface area (TPSA) is 43.8 Å². The molecule has 0 amide bonds. The Labute approximate surface area is 128 Å². The van der Waals surface area contributed by atoms with E-state index in [0.29, 0.717) is 6.04 Å². The fraction of sp³-hybridized carbons (Fsp3) is 0.417. The van der Waals surface area contributed by atoms with Crippen LogP contribution in [0, 0.1) is 0 Å². The standard InChI is InChI=1S/C12H15Br2N3S/c1-7(2)17-4-3-8(16-17)5-10(15)11-6-9(13)12(14)18-11/h3-4,6-7,10H,5,15H2,1-2H3. The van der Waals surface area contributed by atoms with E-state index in [9.17, 15) is 0 Å². The van der Waals surface area contributed by atoms with E-state index in [2.05, 4.69) is 56.9 Å². The van der Waals surface area contributed by atoms with Crippen molar-refractivity contribution in [3.05, 3.63) is 37.2 Å². The lowest BCUT2D eigenvalue weighted by atomic mass is 10.1. The lowest BCUT2D eigenvalue weighted by Crippen LogP contribution is -2.12. The molecule has 3 nitrogen and oxygen atoms in total. The Morgan fingerprint density at radius 2 is 2.17 bits per heavy atom. The van der Waals surface area contributed by atoms with Crippen LogP contribution in [-0.2, 0) is 6.42 Å². The van der Waals surface area contributed by atoms with Crippen molar-refractivity contribution in [1.29, 1.82) is 0 Å². The molecule has 98 valence electrons. The molecular formula is C12H15Br2N3S. The number of hydrogen-bond donors (Lipinski definition) is 1. The first-order valence-corrected chi connectivity index (χ1v) is 8.12. The van der Waals surface area contributed by atoms with Crippen molar-refractivity contribution in [3.63, 3.8) is 0 Å². The van der Waals surface area contributed by atoms with Crippen LogP contribution in [-0.4, -0.2) is 9.78 Å². The molecule has 0 saturated carbocycles. The molecule has 1 unspecified atom stereocenters. The molecular weight excluding hydrogens is 378 g/mol. The number of aromatic nitrogens is 2. The van der Waals surface area contributed by atoms with Gasteiger partial charge in [0.05, 0.1) is 9.48 Å². The van der Waals surface area contributed by atoms with Crippen LogP contribution in [0.4, 0.5) is 0 Å². The van der Waals surface area contributed by atoms with Gasteiger partial charge < -0.3 is 5.73 Å². The Morgan fingerprint density at radius 3 is 2.67 bits per heavy atom. The zero-order valence-electron chi connectivity index (χ0n) is 10.2. The van der Waals surface area contributed by atoms with E-state index in [1.807, 2.05) is 16.9 Å². The summed E-state index contributed by atoms with van der Waals surface area (Å²) < 4.78 is 4.11. The minimum atomic E-state index is -0.00638. The summed E-state index contributed by atoms with van der Waals surface area (Å²) in [5.74, 6) is 0. The third kappa shape index (κ3) is 3.23. The molecule has 2 rings (SSSR count). The third-order valence-electron chi connectivity index (χ3n) is 2.65. The molecule has 1 atom stereocenters. The van der Waals surface area contributed by atoms with Crippen LogP contribution in [0.15, 0.2) is 26.6 Å². The fourth-order valence-corrected chi connectivity index (χ4v) is 3.74. The number of halogens is 2. The molecule has 0 bridgehead atoms. The van der Waals surface area contributed by atoms with E-state index < -0.39 is 0 Å². The predicted molar refractivity (Wildman–Crippen MR) is 83.0 cm³/mol. The molecule has 2 N–H and O–H groups in total. The summed E-state index contributed by atoms with van der Waals surface area (Å²) in [6.07, 6.45) is 2.77. The second-order valence-corrected chi connectivity index (χ2v) is 7.72. The van der Waals surface area contributed by atoms with Gasteiger partial charge in [-0.3, -0.25) is 4.68 Å². The zero-order chi connectivity index (χ0) is 13.3. The number of hydrogen-bond acceptors (Lipinski definition) is 3. The highest BCUT2D eigenvalue weighted by molar-refractivity contribution is 9.13. The lowest BCUT2D eigenvalue weighted by Gasteiger charge is -2.07. The highest BCUT2D eigenvalue weighted by Crippen LogP contribution is 2.35. The Morgan fingerprint density at radius 1 is 1.44 bits per heavy atom. The Hall–Kier alpha value is -0.170. The largest absolute Gasteiger partial charge is 0.323 e. The molecule has 2 aromatic rings. The molecule has 6 heteroatoms. The van der Waals surface area contributed by atoms with Crippen molar-refractivity contribution in [2.45, 2.75) is 32.4 Å². The Bertz CT molecular complexity index is 514. The van der Waals surface area contributed by atoms with Crippen LogP contribution >= 0.6 is 43.2 Å². The van der Waals surface area contributed by atoms with Gasteiger partial charge in [-0.2, -0.15) is 5.10 Å². The molecule has 0 radical (unpaired) electrons. The summed E-state index contributed by atoms with van der Waals surface area (Å²) >= 11 is 8.64. The van der Waals surface area contributed by atoms with E-state index in [4.69, 9.17) is 5.73 Å². The molecule has 0 fully saturated rings. The van der Waals surface area contributed by atoms with E-state index in [-0.39, 0.29) is 6.04 Å². The second kappa shape index (κ2) is 5.86. The van der Waals surface area contributed by atoms with Crippen molar-refractivity contribution in [2.24, 2.45) is 5.73 Å². The van der Waals surface area contributed by atoms with Crippen LogP contribution in [0.1, 0.15) is 36.5 Å². The smallest absolute Gasteiger partial charge is 0.0843 e. The Balaban J connectivity index is 2.08. The van der Waals surface area contributed by atoms with Crippen molar-refractivity contribution >= 4 is 43.2 Å². The molecule has 2 aromatic heterocycles. The highest BCUT2D eigenvalue weighted by atomic mass is 79.9. The summed E-state index contributed by atoms with van der Waals surface area (Å²) in [5.41, 5.74) is 7.25. The average molecular weight is 393 g/mol. The summed E-state index contributed by atoms with van der Waals surface area (Å²) in [4.78, 5) is 1.16. The summed E-state index contributed by atoms with van der Waals surface area (Å²) in [6, 6.07) is 4.49. The average Bonchev–Trinajstić information content (AvgIpc) is 2.87. The van der Waals surface area contributed by atoms with Crippen molar-refractivity contribution in [1.82, 2.24) is 9.78 Å². The molecule has 2 heterocycles. The van der Waals surface area contributed by atoms with Crippen molar-refractivity contribution < 1.29 is 0 Å².